The van der Waals surface area contributed by atoms with Crippen molar-refractivity contribution in [2.24, 2.45) is 5.92 Å². The average Bonchev–Trinajstić information content (AvgIpc) is 2.97. The molecule has 0 radical (unpaired) electrons. The Labute approximate surface area is 134 Å². The predicted octanol–water partition coefficient (Wildman–Crippen LogP) is 2.66. The lowest BCUT2D eigenvalue weighted by Gasteiger charge is -2.21. The molecule has 0 fully saturated rings. The van der Waals surface area contributed by atoms with Gasteiger partial charge in [0.05, 0.1) is 17.4 Å². The van der Waals surface area contributed by atoms with Gasteiger partial charge in [0.1, 0.15) is 0 Å². The molecule has 0 bridgehead atoms. The Kier molecular flexibility index (Phi) is 5.57. The highest BCUT2D eigenvalue weighted by Crippen LogP contribution is 2.14. The maximum Gasteiger partial charge on any atom is 0.254 e. The van der Waals surface area contributed by atoms with Gasteiger partial charge >= 0.3 is 0 Å². The monoisotopic (exact) mass is 321 g/mol. The summed E-state index contributed by atoms with van der Waals surface area (Å²) in [6.07, 6.45) is 3.74. The van der Waals surface area contributed by atoms with E-state index in [9.17, 15) is 4.79 Å². The second kappa shape index (κ2) is 7.42. The highest BCUT2D eigenvalue weighted by molar-refractivity contribution is 6.30. The molecule has 1 aromatic heterocycles. The molecule has 0 saturated heterocycles. The van der Waals surface area contributed by atoms with Crippen molar-refractivity contribution in [2.45, 2.75) is 26.3 Å². The molecule has 1 unspecified atom stereocenters. The summed E-state index contributed by atoms with van der Waals surface area (Å²) < 4.78 is 1.63. The number of aromatic nitrogens is 2. The Hall–Kier alpha value is -1.85. The lowest BCUT2D eigenvalue weighted by Crippen LogP contribution is -2.39. The quantitative estimate of drug-likeness (QED) is 0.859. The highest BCUT2D eigenvalue weighted by atomic mass is 35.5. The van der Waals surface area contributed by atoms with E-state index in [-0.39, 0.29) is 24.5 Å². The lowest BCUT2D eigenvalue weighted by atomic mass is 10.0. The first-order valence-corrected chi connectivity index (χ1v) is 7.61. The van der Waals surface area contributed by atoms with E-state index in [1.165, 1.54) is 6.20 Å². The summed E-state index contributed by atoms with van der Waals surface area (Å²) in [6, 6.07) is 7.15. The van der Waals surface area contributed by atoms with Crippen molar-refractivity contribution in [3.8, 4) is 5.69 Å². The van der Waals surface area contributed by atoms with Gasteiger partial charge in [0, 0.05) is 23.9 Å². The molecule has 1 aromatic carbocycles. The maximum absolute atomic E-state index is 12.3. The van der Waals surface area contributed by atoms with Gasteiger partial charge in [-0.3, -0.25) is 4.79 Å². The molecule has 0 aliphatic rings. The molecule has 1 atom stereocenters. The fourth-order valence-corrected chi connectivity index (χ4v) is 2.26. The summed E-state index contributed by atoms with van der Waals surface area (Å²) in [5.74, 6) is 0.0646. The van der Waals surface area contributed by atoms with Crippen molar-refractivity contribution >= 4 is 17.5 Å². The zero-order valence-corrected chi connectivity index (χ0v) is 13.4. The smallest absolute Gasteiger partial charge is 0.254 e. The van der Waals surface area contributed by atoms with E-state index in [0.717, 1.165) is 5.69 Å². The number of carbonyl (C=O) groups excluding carboxylic acids is 1. The van der Waals surface area contributed by atoms with Crippen molar-refractivity contribution in [3.63, 3.8) is 0 Å². The summed E-state index contributed by atoms with van der Waals surface area (Å²) in [7, 11) is 0. The molecule has 0 aliphatic heterocycles. The fraction of sp³-hybridized carbons (Fsp3) is 0.375. The van der Waals surface area contributed by atoms with Crippen LogP contribution in [0.1, 0.15) is 30.6 Å². The minimum Gasteiger partial charge on any atom is -0.396 e. The number of benzene rings is 1. The van der Waals surface area contributed by atoms with Gasteiger partial charge in [-0.15, -0.1) is 0 Å². The van der Waals surface area contributed by atoms with Gasteiger partial charge in [0.2, 0.25) is 0 Å². The number of amides is 1. The lowest BCUT2D eigenvalue weighted by molar-refractivity contribution is 0.0916. The topological polar surface area (TPSA) is 67.2 Å². The SMILES string of the molecule is CC(C)C(CCO)NC(=O)c1cnn(-c2ccc(Cl)cc2)c1. The molecular formula is C16H20ClN3O2. The number of carbonyl (C=O) groups is 1. The van der Waals surface area contributed by atoms with Crippen LogP contribution in [0.15, 0.2) is 36.7 Å². The van der Waals surface area contributed by atoms with Crippen LogP contribution < -0.4 is 5.32 Å². The van der Waals surface area contributed by atoms with Gasteiger partial charge in [-0.25, -0.2) is 4.68 Å². The average molecular weight is 322 g/mol. The number of nitrogens with one attached hydrogen (secondary N) is 1. The Bertz CT molecular complexity index is 623. The first-order chi connectivity index (χ1) is 10.5. The van der Waals surface area contributed by atoms with Gasteiger partial charge < -0.3 is 10.4 Å². The van der Waals surface area contributed by atoms with Crippen molar-refractivity contribution in [1.29, 1.82) is 0 Å². The first-order valence-electron chi connectivity index (χ1n) is 7.23. The molecule has 2 N–H and O–H groups in total. The normalized spacial score (nSPS) is 12.4. The van der Waals surface area contributed by atoms with Crippen molar-refractivity contribution in [3.05, 3.63) is 47.2 Å². The van der Waals surface area contributed by atoms with Crippen LogP contribution in [0.25, 0.3) is 5.69 Å². The molecule has 6 heteroatoms. The summed E-state index contributed by atoms with van der Waals surface area (Å²) in [5.41, 5.74) is 1.32. The molecule has 0 saturated carbocycles. The molecule has 1 heterocycles. The van der Waals surface area contributed by atoms with E-state index in [0.29, 0.717) is 17.0 Å². The molecule has 0 spiro atoms. The number of hydrogen-bond donors (Lipinski definition) is 2. The van der Waals surface area contributed by atoms with Gasteiger partial charge in [-0.2, -0.15) is 5.10 Å². The van der Waals surface area contributed by atoms with Crippen LogP contribution >= 0.6 is 11.6 Å². The maximum atomic E-state index is 12.3. The molecule has 1 amide bonds. The number of aliphatic hydroxyl groups excluding tert-OH is 1. The van der Waals surface area contributed by atoms with Crippen molar-refractivity contribution in [2.75, 3.05) is 6.61 Å². The van der Waals surface area contributed by atoms with Gasteiger partial charge in [0.25, 0.3) is 5.91 Å². The summed E-state index contributed by atoms with van der Waals surface area (Å²) in [4.78, 5) is 12.3. The minimum absolute atomic E-state index is 0.0488. The number of aliphatic hydroxyl groups is 1. The van der Waals surface area contributed by atoms with E-state index >= 15 is 0 Å². The van der Waals surface area contributed by atoms with Crippen LogP contribution in [0.2, 0.25) is 5.02 Å². The van der Waals surface area contributed by atoms with E-state index < -0.39 is 0 Å². The molecule has 22 heavy (non-hydrogen) atoms. The van der Waals surface area contributed by atoms with Crippen molar-refractivity contribution < 1.29 is 9.90 Å². The Morgan fingerprint density at radius 1 is 1.36 bits per heavy atom. The summed E-state index contributed by atoms with van der Waals surface area (Å²) >= 11 is 5.86. The zero-order chi connectivity index (χ0) is 16.1. The number of nitrogens with zero attached hydrogens (tertiary/aromatic N) is 2. The Morgan fingerprint density at radius 3 is 2.64 bits per heavy atom. The van der Waals surface area contributed by atoms with E-state index in [4.69, 9.17) is 16.7 Å². The second-order valence-corrected chi connectivity index (χ2v) is 5.92. The van der Waals surface area contributed by atoms with Crippen LogP contribution in [-0.2, 0) is 0 Å². The third-order valence-corrected chi connectivity index (χ3v) is 3.75. The van der Waals surface area contributed by atoms with Crippen LogP contribution in [0.3, 0.4) is 0 Å². The fourth-order valence-electron chi connectivity index (χ4n) is 2.14. The molecule has 2 rings (SSSR count). The standard InChI is InChI=1S/C16H20ClN3O2/c1-11(2)15(7-8-21)19-16(22)12-9-18-20(10-12)14-5-3-13(17)4-6-14/h3-6,9-11,15,21H,7-8H2,1-2H3,(H,19,22). The van der Waals surface area contributed by atoms with Crippen LogP contribution in [-0.4, -0.2) is 33.4 Å². The van der Waals surface area contributed by atoms with Crippen LogP contribution in [0.4, 0.5) is 0 Å². The third kappa shape index (κ3) is 4.08. The first kappa shape index (κ1) is 16.5. The third-order valence-electron chi connectivity index (χ3n) is 3.50. The molecule has 118 valence electrons. The number of rotatable bonds is 6. The Morgan fingerprint density at radius 2 is 2.05 bits per heavy atom. The molecule has 2 aromatic rings. The highest BCUT2D eigenvalue weighted by Gasteiger charge is 2.17. The zero-order valence-electron chi connectivity index (χ0n) is 12.7. The van der Waals surface area contributed by atoms with Gasteiger partial charge in [0.15, 0.2) is 0 Å². The van der Waals surface area contributed by atoms with Crippen LogP contribution in [0, 0.1) is 5.92 Å². The second-order valence-electron chi connectivity index (χ2n) is 5.49. The minimum atomic E-state index is -0.188. The predicted molar refractivity (Wildman–Crippen MR) is 86.4 cm³/mol. The van der Waals surface area contributed by atoms with Gasteiger partial charge in [-0.1, -0.05) is 25.4 Å². The largest absolute Gasteiger partial charge is 0.396 e. The molecular weight excluding hydrogens is 302 g/mol. The van der Waals surface area contributed by atoms with E-state index in [2.05, 4.69) is 10.4 Å². The Balaban J connectivity index is 2.10. The van der Waals surface area contributed by atoms with Crippen molar-refractivity contribution in [1.82, 2.24) is 15.1 Å². The summed E-state index contributed by atoms with van der Waals surface area (Å²) in [5, 5.41) is 16.8. The molecule has 5 nitrogen and oxygen atoms in total. The summed E-state index contributed by atoms with van der Waals surface area (Å²) in [6.45, 7) is 4.07. The van der Waals surface area contributed by atoms with Gasteiger partial charge in [-0.05, 0) is 36.6 Å². The number of hydrogen-bond acceptors (Lipinski definition) is 3. The van der Waals surface area contributed by atoms with E-state index in [1.807, 2.05) is 26.0 Å². The molecule has 0 aliphatic carbocycles. The van der Waals surface area contributed by atoms with E-state index in [1.54, 1.807) is 23.0 Å². The van der Waals surface area contributed by atoms with Crippen LogP contribution in [0.5, 0.6) is 0 Å². The number of halogens is 1.